The van der Waals surface area contributed by atoms with Gasteiger partial charge in [-0.1, -0.05) is 34.6 Å². The van der Waals surface area contributed by atoms with E-state index in [0.717, 1.165) is 32.1 Å². The fourth-order valence-electron chi connectivity index (χ4n) is 3.16. The summed E-state index contributed by atoms with van der Waals surface area (Å²) in [5, 5.41) is 10.2. The molecule has 0 saturated heterocycles. The van der Waals surface area contributed by atoms with Gasteiger partial charge < -0.3 is 33.5 Å². The van der Waals surface area contributed by atoms with Crippen molar-refractivity contribution in [2.24, 2.45) is 10.8 Å². The predicted octanol–water partition coefficient (Wildman–Crippen LogP) is 4.10. The van der Waals surface area contributed by atoms with Gasteiger partial charge in [-0.2, -0.15) is 0 Å². The van der Waals surface area contributed by atoms with Crippen LogP contribution in [0.5, 0.6) is 0 Å². The van der Waals surface area contributed by atoms with Crippen LogP contribution in [0.1, 0.15) is 66.7 Å². The van der Waals surface area contributed by atoms with E-state index in [-0.39, 0.29) is 6.61 Å². The molecule has 0 atom stereocenters. The Labute approximate surface area is 197 Å². The molecule has 0 aliphatic rings. The zero-order valence-corrected chi connectivity index (χ0v) is 21.6. The Balaban J connectivity index is 5.23. The quantitative estimate of drug-likeness (QED) is 0.204. The van der Waals surface area contributed by atoms with Crippen LogP contribution in [0, 0.1) is 10.8 Å². The number of aliphatic hydroxyl groups is 1. The summed E-state index contributed by atoms with van der Waals surface area (Å²) in [4.78, 5) is 0. The van der Waals surface area contributed by atoms with Crippen molar-refractivity contribution >= 4 is 0 Å². The lowest BCUT2D eigenvalue weighted by atomic mass is 9.90. The third-order valence-corrected chi connectivity index (χ3v) is 4.94. The minimum absolute atomic E-state index is 0.0571. The molecule has 0 rings (SSSR count). The van der Waals surface area contributed by atoms with Crippen LogP contribution in [0.25, 0.3) is 0 Å². The first-order valence-corrected chi connectivity index (χ1v) is 12.6. The van der Waals surface area contributed by atoms with E-state index in [9.17, 15) is 5.11 Å². The lowest BCUT2D eigenvalue weighted by Crippen LogP contribution is -2.45. The Morgan fingerprint density at radius 2 is 0.656 bits per heavy atom. The molecular formula is C25H52O7. The summed E-state index contributed by atoms with van der Waals surface area (Å²) >= 11 is 0. The molecule has 0 amide bonds. The molecule has 0 heterocycles. The number of ether oxygens (including phenoxy) is 6. The average molecular weight is 465 g/mol. The van der Waals surface area contributed by atoms with Gasteiger partial charge in [-0.05, 0) is 32.1 Å². The first kappa shape index (κ1) is 31.7. The van der Waals surface area contributed by atoms with E-state index in [4.69, 9.17) is 28.4 Å². The van der Waals surface area contributed by atoms with Gasteiger partial charge in [-0.15, -0.1) is 0 Å². The van der Waals surface area contributed by atoms with Crippen LogP contribution >= 0.6 is 0 Å². The van der Waals surface area contributed by atoms with Crippen LogP contribution in [0.4, 0.5) is 0 Å². The summed E-state index contributed by atoms with van der Waals surface area (Å²) in [7, 11) is 0. The topological polar surface area (TPSA) is 75.6 Å². The van der Waals surface area contributed by atoms with Crippen molar-refractivity contribution in [2.45, 2.75) is 66.7 Å². The Bertz CT molecular complexity index is 356. The van der Waals surface area contributed by atoms with E-state index >= 15 is 0 Å². The van der Waals surface area contributed by atoms with Crippen molar-refractivity contribution in [2.75, 3.05) is 85.9 Å². The Hall–Kier alpha value is -0.280. The summed E-state index contributed by atoms with van der Waals surface area (Å²) < 4.78 is 35.7. The molecule has 0 aromatic heterocycles. The highest BCUT2D eigenvalue weighted by Gasteiger charge is 2.36. The highest BCUT2D eigenvalue weighted by atomic mass is 16.5. The summed E-state index contributed by atoms with van der Waals surface area (Å²) in [5.41, 5.74) is -0.982. The van der Waals surface area contributed by atoms with Crippen LogP contribution < -0.4 is 0 Å². The molecule has 0 spiro atoms. The third kappa shape index (κ3) is 14.8. The minimum atomic E-state index is -0.588. The zero-order chi connectivity index (χ0) is 24.0. The zero-order valence-electron chi connectivity index (χ0n) is 21.6. The van der Waals surface area contributed by atoms with Gasteiger partial charge in [0.05, 0.1) is 63.7 Å². The monoisotopic (exact) mass is 464 g/mol. The Kier molecular flexibility index (Phi) is 21.1. The molecular weight excluding hydrogens is 412 g/mol. The van der Waals surface area contributed by atoms with Crippen molar-refractivity contribution in [3.8, 4) is 0 Å². The number of hydrogen-bond donors (Lipinski definition) is 1. The molecule has 1 N–H and O–H groups in total. The van der Waals surface area contributed by atoms with Crippen LogP contribution in [0.3, 0.4) is 0 Å². The summed E-state index contributed by atoms with van der Waals surface area (Å²) in [6.07, 6.45) is 4.73. The summed E-state index contributed by atoms with van der Waals surface area (Å²) in [6.45, 7) is 16.9. The highest BCUT2D eigenvalue weighted by Crippen LogP contribution is 2.25. The standard InChI is InChI=1S/C25H52O7/c1-6-11-27-17-24(16-26,18-28-12-7-2)19-32-23-25(20-29-13-8-3,21-30-14-9-4)22-31-15-10-5/h26H,6-23H2,1-5H3. The van der Waals surface area contributed by atoms with E-state index < -0.39 is 10.8 Å². The van der Waals surface area contributed by atoms with Gasteiger partial charge in [-0.25, -0.2) is 0 Å². The van der Waals surface area contributed by atoms with Gasteiger partial charge in [-0.3, -0.25) is 0 Å². The van der Waals surface area contributed by atoms with Crippen LogP contribution in [0.15, 0.2) is 0 Å². The molecule has 0 fully saturated rings. The van der Waals surface area contributed by atoms with E-state index in [2.05, 4.69) is 34.6 Å². The molecule has 32 heavy (non-hydrogen) atoms. The van der Waals surface area contributed by atoms with Gasteiger partial charge in [0.25, 0.3) is 0 Å². The molecule has 0 aliphatic carbocycles. The maximum absolute atomic E-state index is 10.2. The molecule has 0 bridgehead atoms. The molecule has 7 heteroatoms. The van der Waals surface area contributed by atoms with E-state index in [1.165, 1.54) is 0 Å². The highest BCUT2D eigenvalue weighted by molar-refractivity contribution is 4.82. The van der Waals surface area contributed by atoms with E-state index in [1.807, 2.05) is 0 Å². The van der Waals surface area contributed by atoms with Crippen LogP contribution in [-0.4, -0.2) is 91.0 Å². The van der Waals surface area contributed by atoms with E-state index in [1.54, 1.807) is 0 Å². The minimum Gasteiger partial charge on any atom is -0.396 e. The number of aliphatic hydroxyl groups excluding tert-OH is 1. The lowest BCUT2D eigenvalue weighted by molar-refractivity contribution is -0.137. The van der Waals surface area contributed by atoms with Crippen LogP contribution in [-0.2, 0) is 28.4 Å². The maximum atomic E-state index is 10.2. The second-order valence-corrected chi connectivity index (χ2v) is 8.91. The molecule has 0 unspecified atom stereocenters. The van der Waals surface area contributed by atoms with E-state index in [0.29, 0.717) is 79.3 Å². The predicted molar refractivity (Wildman–Crippen MR) is 128 cm³/mol. The molecule has 0 aromatic rings. The van der Waals surface area contributed by atoms with Crippen LogP contribution in [0.2, 0.25) is 0 Å². The number of hydrogen-bond acceptors (Lipinski definition) is 7. The molecule has 194 valence electrons. The third-order valence-electron chi connectivity index (χ3n) is 4.94. The summed E-state index contributed by atoms with van der Waals surface area (Å²) in [6, 6.07) is 0. The van der Waals surface area contributed by atoms with Gasteiger partial charge >= 0.3 is 0 Å². The largest absolute Gasteiger partial charge is 0.396 e. The second-order valence-electron chi connectivity index (χ2n) is 8.91. The van der Waals surface area contributed by atoms with Gasteiger partial charge in [0.2, 0.25) is 0 Å². The molecule has 0 aliphatic heterocycles. The fraction of sp³-hybridized carbons (Fsp3) is 1.00. The smallest absolute Gasteiger partial charge is 0.0637 e. The molecule has 7 nitrogen and oxygen atoms in total. The first-order chi connectivity index (χ1) is 15.6. The first-order valence-electron chi connectivity index (χ1n) is 12.6. The Morgan fingerprint density at radius 3 is 0.938 bits per heavy atom. The van der Waals surface area contributed by atoms with Gasteiger partial charge in [0, 0.05) is 33.0 Å². The van der Waals surface area contributed by atoms with Crippen molar-refractivity contribution in [1.29, 1.82) is 0 Å². The fourth-order valence-corrected chi connectivity index (χ4v) is 3.16. The normalized spacial score (nSPS) is 12.6. The molecule has 0 radical (unpaired) electrons. The van der Waals surface area contributed by atoms with Gasteiger partial charge in [0.15, 0.2) is 0 Å². The number of rotatable bonds is 25. The molecule has 0 saturated carbocycles. The van der Waals surface area contributed by atoms with Gasteiger partial charge in [0.1, 0.15) is 0 Å². The van der Waals surface area contributed by atoms with Crippen molar-refractivity contribution < 1.29 is 33.5 Å². The van der Waals surface area contributed by atoms with Crippen molar-refractivity contribution in [3.05, 3.63) is 0 Å². The molecule has 0 aromatic carbocycles. The average Bonchev–Trinajstić information content (AvgIpc) is 2.79. The summed E-state index contributed by atoms with van der Waals surface area (Å²) in [5.74, 6) is 0. The lowest BCUT2D eigenvalue weighted by Gasteiger charge is -2.36. The van der Waals surface area contributed by atoms with Crippen molar-refractivity contribution in [1.82, 2.24) is 0 Å². The second kappa shape index (κ2) is 21.3. The van der Waals surface area contributed by atoms with Crippen molar-refractivity contribution in [3.63, 3.8) is 0 Å². The SMILES string of the molecule is CCCOCC(CO)(COCCC)COCC(COCCC)(COCCC)COCCC. The maximum Gasteiger partial charge on any atom is 0.0637 e. The Morgan fingerprint density at radius 1 is 0.406 bits per heavy atom.